The maximum absolute atomic E-state index is 14.4. The van der Waals surface area contributed by atoms with Crippen LogP contribution in [0.2, 0.25) is 0 Å². The molecule has 0 amide bonds. The first-order valence-corrected chi connectivity index (χ1v) is 7.50. The maximum Gasteiger partial charge on any atom is 0.330 e. The molecule has 0 saturated carbocycles. The van der Waals surface area contributed by atoms with E-state index in [4.69, 9.17) is 9.47 Å². The zero-order valence-corrected chi connectivity index (χ0v) is 14.5. The van der Waals surface area contributed by atoms with Crippen LogP contribution in [0.3, 0.4) is 0 Å². The number of halogens is 1. The van der Waals surface area contributed by atoms with Crippen molar-refractivity contribution in [3.63, 3.8) is 0 Å². The molecule has 136 valence electrons. The highest BCUT2D eigenvalue weighted by atomic mass is 19.1. The smallest absolute Gasteiger partial charge is 0.330 e. The molecule has 2 aromatic heterocycles. The fourth-order valence-corrected chi connectivity index (χ4v) is 2.18. The molecule has 0 aromatic carbocycles. The van der Waals surface area contributed by atoms with Crippen LogP contribution in [-0.4, -0.2) is 48.3 Å². The Morgan fingerprint density at radius 1 is 1.32 bits per heavy atom. The van der Waals surface area contributed by atoms with Gasteiger partial charge in [0.15, 0.2) is 11.5 Å². The van der Waals surface area contributed by atoms with E-state index < -0.39 is 22.9 Å². The molecule has 0 fully saturated rings. The molecule has 0 saturated heterocycles. The molecule has 0 unspecified atom stereocenters. The summed E-state index contributed by atoms with van der Waals surface area (Å²) in [5.74, 6) is -1.25. The maximum atomic E-state index is 14.4. The molecule has 0 aliphatic rings. The number of fused-ring (bicyclic) bond motifs is 1. The molecule has 0 spiro atoms. The number of methoxy groups -OCH3 is 2. The van der Waals surface area contributed by atoms with Gasteiger partial charge in [-0.3, -0.25) is 9.20 Å². The van der Waals surface area contributed by atoms with Crippen molar-refractivity contribution in [1.82, 2.24) is 9.38 Å². The number of esters is 1. The molecule has 0 atom stereocenters. The number of pyridine rings is 1. The third-order valence-corrected chi connectivity index (χ3v) is 3.38. The van der Waals surface area contributed by atoms with Crippen molar-refractivity contribution in [3.05, 3.63) is 34.5 Å². The van der Waals surface area contributed by atoms with Gasteiger partial charge < -0.3 is 19.5 Å². The number of nitrogens with one attached hydrogen (secondary N) is 1. The lowest BCUT2D eigenvalue weighted by atomic mass is 10.1. The van der Waals surface area contributed by atoms with Crippen molar-refractivity contribution in [2.75, 3.05) is 32.8 Å². The van der Waals surface area contributed by atoms with Gasteiger partial charge in [-0.1, -0.05) is 0 Å². The molecule has 25 heavy (non-hydrogen) atoms. The van der Waals surface area contributed by atoms with Crippen molar-refractivity contribution in [2.45, 2.75) is 19.4 Å². The monoisotopic (exact) mass is 353 g/mol. The number of nitrogens with zero attached hydrogens (tertiary/aromatic N) is 2. The summed E-state index contributed by atoms with van der Waals surface area (Å²) in [4.78, 5) is 27.9. The molecule has 2 rings (SSSR count). The lowest BCUT2D eigenvalue weighted by molar-refractivity contribution is -0.144. The van der Waals surface area contributed by atoms with Crippen molar-refractivity contribution >= 4 is 17.3 Å². The summed E-state index contributed by atoms with van der Waals surface area (Å²) in [5, 5.41) is 2.84. The quantitative estimate of drug-likeness (QED) is 0.591. The van der Waals surface area contributed by atoms with Gasteiger partial charge in [-0.2, -0.15) is 4.98 Å². The van der Waals surface area contributed by atoms with E-state index in [1.54, 1.807) is 13.8 Å². The van der Waals surface area contributed by atoms with Crippen molar-refractivity contribution < 1.29 is 23.4 Å². The Labute approximate surface area is 143 Å². The number of carbonyl (C=O) groups excluding carboxylic acids is 1. The van der Waals surface area contributed by atoms with Gasteiger partial charge >= 0.3 is 5.97 Å². The fourth-order valence-electron chi connectivity index (χ4n) is 2.18. The Hall–Kier alpha value is -2.68. The summed E-state index contributed by atoms with van der Waals surface area (Å²) < 4.78 is 30.2. The second-order valence-corrected chi connectivity index (χ2v) is 5.79. The molecule has 2 heterocycles. The zero-order chi connectivity index (χ0) is 18.6. The molecule has 2 aromatic rings. The second-order valence-electron chi connectivity index (χ2n) is 5.79. The van der Waals surface area contributed by atoms with E-state index in [0.29, 0.717) is 6.61 Å². The van der Waals surface area contributed by atoms with Gasteiger partial charge in [-0.05, 0) is 13.8 Å². The van der Waals surface area contributed by atoms with Crippen molar-refractivity contribution in [3.8, 4) is 5.88 Å². The lowest BCUT2D eigenvalue weighted by Crippen LogP contribution is -2.41. The van der Waals surface area contributed by atoms with Crippen molar-refractivity contribution in [2.24, 2.45) is 0 Å². The van der Waals surface area contributed by atoms with Gasteiger partial charge in [0.1, 0.15) is 12.1 Å². The molecular formula is C16H20FN3O5. The summed E-state index contributed by atoms with van der Waals surface area (Å²) in [6.45, 7) is 3.66. The Kier molecular flexibility index (Phi) is 5.58. The fraction of sp³-hybridized carbons (Fsp3) is 0.438. The first-order chi connectivity index (χ1) is 11.8. The Bertz CT molecular complexity index is 834. The number of rotatable bonds is 7. The standard InChI is InChI=1S/C16H20FN3O5/c1-16(2,15(22)24-4)19-10-7-11(17)14-18-12(25-6-5-23-3)8-13(21)20(14)9-10/h7-9,19H,5-6H2,1-4H3. The lowest BCUT2D eigenvalue weighted by Gasteiger charge is -2.24. The number of ether oxygens (including phenoxy) is 3. The third-order valence-electron chi connectivity index (χ3n) is 3.38. The summed E-state index contributed by atoms with van der Waals surface area (Å²) in [6.07, 6.45) is 1.36. The molecule has 1 N–H and O–H groups in total. The molecule has 9 heteroatoms. The van der Waals surface area contributed by atoms with Gasteiger partial charge in [0, 0.05) is 19.4 Å². The van der Waals surface area contributed by atoms with E-state index in [-0.39, 0.29) is 23.8 Å². The van der Waals surface area contributed by atoms with Crippen LogP contribution in [0, 0.1) is 5.82 Å². The van der Waals surface area contributed by atoms with E-state index in [9.17, 15) is 14.0 Å². The molecule has 0 aliphatic carbocycles. The van der Waals surface area contributed by atoms with Crippen LogP contribution in [-0.2, 0) is 14.3 Å². The highest BCUT2D eigenvalue weighted by Gasteiger charge is 2.28. The Morgan fingerprint density at radius 3 is 2.68 bits per heavy atom. The highest BCUT2D eigenvalue weighted by molar-refractivity contribution is 5.83. The number of hydrogen-bond acceptors (Lipinski definition) is 7. The summed E-state index contributed by atoms with van der Waals surface area (Å²) in [7, 11) is 2.77. The first kappa shape index (κ1) is 18.7. The average molecular weight is 353 g/mol. The predicted octanol–water partition coefficient (Wildman–Crippen LogP) is 1.22. The van der Waals surface area contributed by atoms with E-state index >= 15 is 0 Å². The topological polar surface area (TPSA) is 91.2 Å². The largest absolute Gasteiger partial charge is 0.475 e. The van der Waals surface area contributed by atoms with Crippen LogP contribution in [0.1, 0.15) is 13.8 Å². The summed E-state index contributed by atoms with van der Waals surface area (Å²) in [5.41, 5.74) is -1.57. The highest BCUT2D eigenvalue weighted by Crippen LogP contribution is 2.19. The molecular weight excluding hydrogens is 333 g/mol. The van der Waals surface area contributed by atoms with Gasteiger partial charge in [-0.25, -0.2) is 9.18 Å². The molecule has 0 radical (unpaired) electrons. The van der Waals surface area contributed by atoms with Crippen LogP contribution in [0.4, 0.5) is 10.1 Å². The van der Waals surface area contributed by atoms with Crippen LogP contribution in [0.5, 0.6) is 5.88 Å². The van der Waals surface area contributed by atoms with Crippen molar-refractivity contribution in [1.29, 1.82) is 0 Å². The number of aromatic nitrogens is 2. The SMILES string of the molecule is COCCOc1cc(=O)n2cc(NC(C)(C)C(=O)OC)cc(F)c2n1. The van der Waals surface area contributed by atoms with Crippen LogP contribution in [0.25, 0.3) is 5.65 Å². The Morgan fingerprint density at radius 2 is 2.04 bits per heavy atom. The van der Waals surface area contributed by atoms with Gasteiger partial charge in [0.2, 0.25) is 5.88 Å². The average Bonchev–Trinajstić information content (AvgIpc) is 2.55. The van der Waals surface area contributed by atoms with Gasteiger partial charge in [-0.15, -0.1) is 0 Å². The zero-order valence-electron chi connectivity index (χ0n) is 14.5. The minimum Gasteiger partial charge on any atom is -0.475 e. The first-order valence-electron chi connectivity index (χ1n) is 7.50. The number of anilines is 1. The molecule has 8 nitrogen and oxygen atoms in total. The minimum atomic E-state index is -1.10. The van der Waals surface area contributed by atoms with Crippen LogP contribution < -0.4 is 15.6 Å². The van der Waals surface area contributed by atoms with Gasteiger partial charge in [0.25, 0.3) is 5.56 Å². The minimum absolute atomic E-state index is 0.0107. The van der Waals surface area contributed by atoms with E-state index in [0.717, 1.165) is 16.5 Å². The summed E-state index contributed by atoms with van der Waals surface area (Å²) >= 11 is 0. The summed E-state index contributed by atoms with van der Waals surface area (Å²) in [6, 6.07) is 2.29. The number of carbonyl (C=O) groups is 1. The molecule has 0 aliphatic heterocycles. The van der Waals surface area contributed by atoms with Crippen LogP contribution >= 0.6 is 0 Å². The van der Waals surface area contributed by atoms with Crippen LogP contribution in [0.15, 0.2) is 23.1 Å². The normalized spacial score (nSPS) is 11.4. The third kappa shape index (κ3) is 4.24. The van der Waals surface area contributed by atoms with E-state index in [2.05, 4.69) is 15.0 Å². The van der Waals surface area contributed by atoms with Gasteiger partial charge in [0.05, 0.1) is 25.5 Å². The molecule has 0 bridgehead atoms. The second kappa shape index (κ2) is 7.47. The van der Waals surface area contributed by atoms with E-state index in [1.165, 1.54) is 20.4 Å². The Balaban J connectivity index is 2.39. The van der Waals surface area contributed by atoms with E-state index in [1.807, 2.05) is 0 Å². The predicted molar refractivity (Wildman–Crippen MR) is 88.5 cm³/mol. The number of hydrogen-bond donors (Lipinski definition) is 1.